The van der Waals surface area contributed by atoms with Crippen molar-refractivity contribution in [3.05, 3.63) is 90.5 Å². The van der Waals surface area contributed by atoms with E-state index in [1.54, 1.807) is 19.5 Å². The molecule has 4 rings (SSSR count). The minimum atomic E-state index is 0.213. The molecule has 3 aromatic heterocycles. The van der Waals surface area contributed by atoms with Crippen LogP contribution < -0.4 is 15.4 Å². The van der Waals surface area contributed by atoms with Crippen molar-refractivity contribution >= 4 is 11.8 Å². The van der Waals surface area contributed by atoms with Crippen molar-refractivity contribution in [2.75, 3.05) is 17.7 Å². The molecule has 0 saturated heterocycles. The molecule has 30 heavy (non-hydrogen) atoms. The number of nitrogens with two attached hydrogens (primary N) is 1. The first-order valence-corrected chi connectivity index (χ1v) is 9.55. The zero-order valence-corrected chi connectivity index (χ0v) is 16.6. The average Bonchev–Trinajstić information content (AvgIpc) is 2.80. The molecule has 0 bridgehead atoms. The lowest BCUT2D eigenvalue weighted by Gasteiger charge is -2.24. The van der Waals surface area contributed by atoms with Gasteiger partial charge < -0.3 is 15.4 Å². The molecule has 0 aliphatic heterocycles. The highest BCUT2D eigenvalue weighted by atomic mass is 16.5. The molecule has 0 aliphatic carbocycles. The lowest BCUT2D eigenvalue weighted by molar-refractivity contribution is 0.415. The first kappa shape index (κ1) is 19.3. The number of hydrogen-bond donors (Lipinski definition) is 1. The lowest BCUT2D eigenvalue weighted by atomic mass is 10.1. The van der Waals surface area contributed by atoms with E-state index in [9.17, 15) is 0 Å². The van der Waals surface area contributed by atoms with E-state index in [0.29, 0.717) is 18.9 Å². The second-order valence-electron chi connectivity index (χ2n) is 6.70. The first-order valence-electron chi connectivity index (χ1n) is 9.55. The molecule has 0 amide bonds. The van der Waals surface area contributed by atoms with Gasteiger partial charge in [0, 0.05) is 24.0 Å². The molecule has 0 fully saturated rings. The van der Waals surface area contributed by atoms with E-state index in [-0.39, 0.29) is 5.95 Å². The van der Waals surface area contributed by atoms with Crippen LogP contribution in [0.15, 0.2) is 79.1 Å². The molecule has 3 heterocycles. The molecule has 0 atom stereocenters. The summed E-state index contributed by atoms with van der Waals surface area (Å²) < 4.78 is 5.24. The van der Waals surface area contributed by atoms with Crippen LogP contribution in [0.1, 0.15) is 11.4 Å². The van der Waals surface area contributed by atoms with Gasteiger partial charge in [-0.25, -0.2) is 4.98 Å². The molecule has 4 aromatic rings. The maximum absolute atomic E-state index is 6.07. The highest BCUT2D eigenvalue weighted by Gasteiger charge is 2.15. The van der Waals surface area contributed by atoms with Gasteiger partial charge in [-0.1, -0.05) is 12.1 Å². The van der Waals surface area contributed by atoms with E-state index >= 15 is 0 Å². The van der Waals surface area contributed by atoms with Crippen LogP contribution >= 0.6 is 0 Å². The van der Waals surface area contributed by atoms with Gasteiger partial charge in [0.25, 0.3) is 0 Å². The Bertz CT molecular complexity index is 1050. The van der Waals surface area contributed by atoms with Crippen LogP contribution in [0, 0.1) is 0 Å². The Morgan fingerprint density at radius 3 is 2.00 bits per heavy atom. The molecule has 7 heteroatoms. The van der Waals surface area contributed by atoms with Crippen LogP contribution in [0.25, 0.3) is 11.3 Å². The fraction of sp³-hybridized carbons (Fsp3) is 0.130. The molecule has 0 radical (unpaired) electrons. The highest BCUT2D eigenvalue weighted by Crippen LogP contribution is 2.26. The summed E-state index contributed by atoms with van der Waals surface area (Å²) in [6.07, 6.45) is 3.57. The van der Waals surface area contributed by atoms with Crippen LogP contribution in [0.4, 0.5) is 11.8 Å². The third kappa shape index (κ3) is 4.70. The van der Waals surface area contributed by atoms with Gasteiger partial charge in [-0.15, -0.1) is 0 Å². The standard InChI is InChI=1S/C23H22N6O/c1-30-20-10-8-17(9-11-20)21-14-22(28-23(24)27-21)29(15-18-6-2-4-12-25-18)16-19-7-3-5-13-26-19/h2-14H,15-16H2,1H3,(H2,24,27,28). The van der Waals surface area contributed by atoms with Gasteiger partial charge in [0.15, 0.2) is 0 Å². The Kier molecular flexibility index (Phi) is 5.80. The summed E-state index contributed by atoms with van der Waals surface area (Å²) in [5.41, 5.74) is 9.60. The van der Waals surface area contributed by atoms with Crippen molar-refractivity contribution in [1.82, 2.24) is 19.9 Å². The summed E-state index contributed by atoms with van der Waals surface area (Å²) in [7, 11) is 1.64. The molecular weight excluding hydrogens is 376 g/mol. The maximum atomic E-state index is 6.07. The summed E-state index contributed by atoms with van der Waals surface area (Å²) >= 11 is 0. The first-order chi connectivity index (χ1) is 14.7. The number of nitrogens with zero attached hydrogens (tertiary/aromatic N) is 5. The monoisotopic (exact) mass is 398 g/mol. The second kappa shape index (κ2) is 9.00. The second-order valence-corrected chi connectivity index (χ2v) is 6.70. The summed E-state index contributed by atoms with van der Waals surface area (Å²) in [4.78, 5) is 19.9. The average molecular weight is 398 g/mol. The molecule has 0 unspecified atom stereocenters. The normalized spacial score (nSPS) is 10.6. The molecule has 1 aromatic carbocycles. The summed E-state index contributed by atoms with van der Waals surface area (Å²) in [5, 5.41) is 0. The Balaban J connectivity index is 1.70. The van der Waals surface area contributed by atoms with Gasteiger partial charge in [0.1, 0.15) is 11.6 Å². The van der Waals surface area contributed by atoms with Crippen molar-refractivity contribution in [3.8, 4) is 17.0 Å². The summed E-state index contributed by atoms with van der Waals surface area (Å²) in [6.45, 7) is 1.13. The number of pyridine rings is 2. The fourth-order valence-electron chi connectivity index (χ4n) is 3.12. The fourth-order valence-corrected chi connectivity index (χ4v) is 3.12. The van der Waals surface area contributed by atoms with E-state index in [1.165, 1.54) is 0 Å². The van der Waals surface area contributed by atoms with Crippen LogP contribution in [0.2, 0.25) is 0 Å². The van der Waals surface area contributed by atoms with Crippen molar-refractivity contribution in [2.24, 2.45) is 0 Å². The van der Waals surface area contributed by atoms with Crippen LogP contribution in [-0.4, -0.2) is 27.0 Å². The quantitative estimate of drug-likeness (QED) is 0.507. The van der Waals surface area contributed by atoms with Gasteiger partial charge >= 0.3 is 0 Å². The van der Waals surface area contributed by atoms with Crippen LogP contribution in [0.3, 0.4) is 0 Å². The topological polar surface area (TPSA) is 90.0 Å². The Labute approximate surface area is 175 Å². The van der Waals surface area contributed by atoms with Crippen molar-refractivity contribution in [2.45, 2.75) is 13.1 Å². The number of anilines is 2. The number of aromatic nitrogens is 4. The smallest absolute Gasteiger partial charge is 0.222 e. The number of methoxy groups -OCH3 is 1. The van der Waals surface area contributed by atoms with Crippen LogP contribution in [0.5, 0.6) is 5.75 Å². The summed E-state index contributed by atoms with van der Waals surface area (Å²) in [5.74, 6) is 1.71. The number of ether oxygens (including phenoxy) is 1. The molecular formula is C23H22N6O. The Morgan fingerprint density at radius 2 is 1.47 bits per heavy atom. The van der Waals surface area contributed by atoms with E-state index in [1.807, 2.05) is 66.7 Å². The number of rotatable bonds is 7. The Morgan fingerprint density at radius 1 is 0.833 bits per heavy atom. The maximum Gasteiger partial charge on any atom is 0.222 e. The Hall–Kier alpha value is -4.00. The molecule has 2 N–H and O–H groups in total. The van der Waals surface area contributed by atoms with Gasteiger partial charge in [-0.05, 0) is 48.5 Å². The molecule has 0 spiro atoms. The van der Waals surface area contributed by atoms with Gasteiger partial charge in [-0.3, -0.25) is 9.97 Å². The van der Waals surface area contributed by atoms with E-state index in [4.69, 9.17) is 10.5 Å². The van der Waals surface area contributed by atoms with E-state index < -0.39 is 0 Å². The lowest BCUT2D eigenvalue weighted by Crippen LogP contribution is -2.24. The summed E-state index contributed by atoms with van der Waals surface area (Å²) in [6, 6.07) is 21.3. The third-order valence-electron chi connectivity index (χ3n) is 4.60. The SMILES string of the molecule is COc1ccc(-c2cc(N(Cc3ccccn3)Cc3ccccn3)nc(N)n2)cc1. The molecule has 0 saturated carbocycles. The van der Waals surface area contributed by atoms with E-state index in [0.717, 1.165) is 28.4 Å². The predicted octanol–water partition coefficient (Wildman–Crippen LogP) is 3.73. The minimum absolute atomic E-state index is 0.213. The zero-order valence-electron chi connectivity index (χ0n) is 16.6. The highest BCUT2D eigenvalue weighted by molar-refractivity contribution is 5.65. The minimum Gasteiger partial charge on any atom is -0.497 e. The predicted molar refractivity (Wildman–Crippen MR) is 117 cm³/mol. The number of benzene rings is 1. The van der Waals surface area contributed by atoms with Gasteiger partial charge in [0.05, 0.1) is 37.3 Å². The zero-order chi connectivity index (χ0) is 20.8. The molecule has 7 nitrogen and oxygen atoms in total. The number of nitrogen functional groups attached to an aromatic ring is 1. The van der Waals surface area contributed by atoms with Crippen molar-refractivity contribution in [1.29, 1.82) is 0 Å². The molecule has 150 valence electrons. The van der Waals surface area contributed by atoms with Crippen molar-refractivity contribution in [3.63, 3.8) is 0 Å². The van der Waals surface area contributed by atoms with Crippen LogP contribution in [-0.2, 0) is 13.1 Å². The largest absolute Gasteiger partial charge is 0.497 e. The van der Waals surface area contributed by atoms with Gasteiger partial charge in [0.2, 0.25) is 5.95 Å². The van der Waals surface area contributed by atoms with Gasteiger partial charge in [-0.2, -0.15) is 4.98 Å². The third-order valence-corrected chi connectivity index (χ3v) is 4.60. The molecule has 0 aliphatic rings. The van der Waals surface area contributed by atoms with Crippen molar-refractivity contribution < 1.29 is 4.74 Å². The number of hydrogen-bond acceptors (Lipinski definition) is 7. The van der Waals surface area contributed by atoms with E-state index in [2.05, 4.69) is 24.8 Å².